The quantitative estimate of drug-likeness (QED) is 0.737. The Bertz CT molecular complexity index is 696. The second kappa shape index (κ2) is 9.34. The van der Waals surface area contributed by atoms with Crippen molar-refractivity contribution in [3.05, 3.63) is 30.1 Å². The molecule has 0 radical (unpaired) electrons. The highest BCUT2D eigenvalue weighted by Crippen LogP contribution is 2.21. The summed E-state index contributed by atoms with van der Waals surface area (Å²) in [5.41, 5.74) is 1.24. The van der Waals surface area contributed by atoms with Gasteiger partial charge in [0.05, 0.1) is 26.3 Å². The van der Waals surface area contributed by atoms with Gasteiger partial charge in [-0.2, -0.15) is 0 Å². The summed E-state index contributed by atoms with van der Waals surface area (Å²) in [6.45, 7) is 6.40. The fourth-order valence-corrected chi connectivity index (χ4v) is 3.62. The average molecular weight is 395 g/mol. The summed E-state index contributed by atoms with van der Waals surface area (Å²) >= 11 is 0. The van der Waals surface area contributed by atoms with E-state index in [1.165, 1.54) is 5.69 Å². The number of hydrogen-bond acceptors (Lipinski definition) is 7. The number of tetrazole rings is 1. The Labute approximate surface area is 165 Å². The van der Waals surface area contributed by atoms with Crippen LogP contribution in [0.1, 0.15) is 18.7 Å². The van der Waals surface area contributed by atoms with Gasteiger partial charge >= 0.3 is 0 Å². The molecule has 27 heavy (non-hydrogen) atoms. The molecule has 4 rings (SSSR count). The van der Waals surface area contributed by atoms with Crippen molar-refractivity contribution in [3.63, 3.8) is 0 Å². The number of nitrogens with zero attached hydrogens (tertiary/aromatic N) is 6. The molecule has 2 aliphatic heterocycles. The van der Waals surface area contributed by atoms with Crippen LogP contribution in [0.5, 0.6) is 5.75 Å². The van der Waals surface area contributed by atoms with Crippen LogP contribution in [0.15, 0.2) is 24.3 Å². The molecular formula is C18H27ClN6O2. The van der Waals surface area contributed by atoms with Gasteiger partial charge in [-0.1, -0.05) is 0 Å². The molecule has 1 aromatic carbocycles. The van der Waals surface area contributed by atoms with Gasteiger partial charge in [-0.25, -0.2) is 4.68 Å². The molecule has 2 aromatic rings. The van der Waals surface area contributed by atoms with Crippen LogP contribution in [0, 0.1) is 0 Å². The minimum atomic E-state index is 0. The fourth-order valence-electron chi connectivity index (χ4n) is 3.62. The normalized spacial score (nSPS) is 20.5. The van der Waals surface area contributed by atoms with Crippen molar-refractivity contribution in [2.75, 3.05) is 44.8 Å². The minimum absolute atomic E-state index is 0. The molecule has 8 nitrogen and oxygen atoms in total. The van der Waals surface area contributed by atoms with Crippen molar-refractivity contribution in [2.24, 2.45) is 0 Å². The van der Waals surface area contributed by atoms with E-state index < -0.39 is 0 Å². The molecule has 2 saturated heterocycles. The second-order valence-corrected chi connectivity index (χ2v) is 6.87. The Morgan fingerprint density at radius 3 is 2.59 bits per heavy atom. The average Bonchev–Trinajstić information content (AvgIpc) is 3.35. The lowest BCUT2D eigenvalue weighted by molar-refractivity contribution is 0.0916. The van der Waals surface area contributed by atoms with E-state index in [0.717, 1.165) is 70.3 Å². The zero-order valence-electron chi connectivity index (χ0n) is 15.7. The number of halogens is 1. The third kappa shape index (κ3) is 4.88. The van der Waals surface area contributed by atoms with Crippen molar-refractivity contribution in [1.82, 2.24) is 25.1 Å². The van der Waals surface area contributed by atoms with E-state index in [1.54, 1.807) is 7.11 Å². The first-order valence-corrected chi connectivity index (χ1v) is 9.30. The van der Waals surface area contributed by atoms with Gasteiger partial charge in [0.25, 0.3) is 0 Å². The first-order valence-electron chi connectivity index (χ1n) is 9.30. The van der Waals surface area contributed by atoms with Crippen LogP contribution in [0.4, 0.5) is 5.69 Å². The van der Waals surface area contributed by atoms with Crippen molar-refractivity contribution >= 4 is 18.1 Å². The fraction of sp³-hybridized carbons (Fsp3) is 0.611. The van der Waals surface area contributed by atoms with E-state index in [0.29, 0.717) is 0 Å². The molecule has 0 bridgehead atoms. The van der Waals surface area contributed by atoms with Crippen LogP contribution in [0.2, 0.25) is 0 Å². The zero-order chi connectivity index (χ0) is 17.8. The number of anilines is 1. The number of methoxy groups -OCH3 is 1. The van der Waals surface area contributed by atoms with Gasteiger partial charge in [-0.3, -0.25) is 4.90 Å². The number of benzene rings is 1. The third-order valence-corrected chi connectivity index (χ3v) is 5.18. The lowest BCUT2D eigenvalue weighted by Gasteiger charge is -2.35. The van der Waals surface area contributed by atoms with E-state index in [4.69, 9.17) is 9.47 Å². The lowest BCUT2D eigenvalue weighted by atomic mass is 10.2. The summed E-state index contributed by atoms with van der Waals surface area (Å²) in [6.07, 6.45) is 2.49. The Kier molecular flexibility index (Phi) is 6.87. The first kappa shape index (κ1) is 19.9. The molecule has 2 fully saturated rings. The smallest absolute Gasteiger partial charge is 0.165 e. The third-order valence-electron chi connectivity index (χ3n) is 5.18. The minimum Gasteiger partial charge on any atom is -0.497 e. The van der Waals surface area contributed by atoms with Crippen molar-refractivity contribution in [2.45, 2.75) is 32.0 Å². The van der Waals surface area contributed by atoms with Crippen molar-refractivity contribution < 1.29 is 9.47 Å². The van der Waals surface area contributed by atoms with Crippen LogP contribution >= 0.6 is 12.4 Å². The van der Waals surface area contributed by atoms with Crippen molar-refractivity contribution in [1.29, 1.82) is 0 Å². The van der Waals surface area contributed by atoms with E-state index in [-0.39, 0.29) is 18.5 Å². The lowest BCUT2D eigenvalue weighted by Crippen LogP contribution is -2.46. The number of ether oxygens (including phenoxy) is 2. The highest BCUT2D eigenvalue weighted by molar-refractivity contribution is 5.85. The topological polar surface area (TPSA) is 68.5 Å². The number of hydrogen-bond donors (Lipinski definition) is 0. The Morgan fingerprint density at radius 1 is 1.15 bits per heavy atom. The van der Waals surface area contributed by atoms with Crippen LogP contribution in [-0.2, 0) is 17.8 Å². The maximum absolute atomic E-state index is 5.71. The van der Waals surface area contributed by atoms with Crippen LogP contribution in [-0.4, -0.2) is 71.1 Å². The standard InChI is InChI=1S/C18H26N6O2.ClH/c1-25-16-6-4-15(5-7-16)23-10-8-22(9-11-23)14-18-19-20-21-24(18)13-17-3-2-12-26-17;/h4-7,17H,2-3,8-14H2,1H3;1H. The Morgan fingerprint density at radius 2 is 1.93 bits per heavy atom. The molecule has 1 aromatic heterocycles. The summed E-state index contributed by atoms with van der Waals surface area (Å²) in [6, 6.07) is 8.27. The molecule has 1 atom stereocenters. The Hall–Kier alpha value is -1.90. The maximum Gasteiger partial charge on any atom is 0.165 e. The molecule has 0 N–H and O–H groups in total. The maximum atomic E-state index is 5.71. The number of piperazine rings is 1. The summed E-state index contributed by atoms with van der Waals surface area (Å²) < 4.78 is 12.8. The van der Waals surface area contributed by atoms with E-state index in [9.17, 15) is 0 Å². The predicted molar refractivity (Wildman–Crippen MR) is 105 cm³/mol. The van der Waals surface area contributed by atoms with E-state index >= 15 is 0 Å². The van der Waals surface area contributed by atoms with Gasteiger partial charge in [-0.15, -0.1) is 17.5 Å². The number of aromatic nitrogens is 4. The molecule has 1 unspecified atom stereocenters. The van der Waals surface area contributed by atoms with Gasteiger partial charge in [0.1, 0.15) is 5.75 Å². The van der Waals surface area contributed by atoms with Crippen LogP contribution < -0.4 is 9.64 Å². The largest absolute Gasteiger partial charge is 0.497 e. The Balaban J connectivity index is 0.00000210. The van der Waals surface area contributed by atoms with Gasteiger partial charge in [0, 0.05) is 38.5 Å². The summed E-state index contributed by atoms with van der Waals surface area (Å²) in [7, 11) is 1.69. The zero-order valence-corrected chi connectivity index (χ0v) is 16.5. The molecular weight excluding hydrogens is 368 g/mol. The van der Waals surface area contributed by atoms with Gasteiger partial charge in [0.2, 0.25) is 0 Å². The summed E-state index contributed by atoms with van der Waals surface area (Å²) in [5.74, 6) is 1.82. The van der Waals surface area contributed by atoms with Gasteiger partial charge in [-0.05, 0) is 47.5 Å². The molecule has 0 amide bonds. The molecule has 2 aliphatic rings. The van der Waals surface area contributed by atoms with Crippen molar-refractivity contribution in [3.8, 4) is 5.75 Å². The van der Waals surface area contributed by atoms with E-state index in [2.05, 4.69) is 37.5 Å². The number of rotatable bonds is 6. The summed E-state index contributed by atoms with van der Waals surface area (Å²) in [5, 5.41) is 12.2. The monoisotopic (exact) mass is 394 g/mol. The second-order valence-electron chi connectivity index (χ2n) is 6.87. The first-order chi connectivity index (χ1) is 12.8. The highest BCUT2D eigenvalue weighted by atomic mass is 35.5. The molecule has 0 saturated carbocycles. The van der Waals surface area contributed by atoms with E-state index in [1.807, 2.05) is 16.8 Å². The van der Waals surface area contributed by atoms with Gasteiger partial charge < -0.3 is 14.4 Å². The highest BCUT2D eigenvalue weighted by Gasteiger charge is 2.22. The molecule has 0 aliphatic carbocycles. The SMILES string of the molecule is COc1ccc(N2CCN(Cc3nnnn3CC3CCCO3)CC2)cc1.Cl. The molecule has 3 heterocycles. The van der Waals surface area contributed by atoms with Crippen LogP contribution in [0.25, 0.3) is 0 Å². The molecule has 9 heteroatoms. The summed E-state index contributed by atoms with van der Waals surface area (Å²) in [4.78, 5) is 4.82. The molecule has 0 spiro atoms. The van der Waals surface area contributed by atoms with Crippen LogP contribution in [0.3, 0.4) is 0 Å². The molecule has 148 valence electrons. The predicted octanol–water partition coefficient (Wildman–Crippen LogP) is 1.60. The van der Waals surface area contributed by atoms with Gasteiger partial charge in [0.15, 0.2) is 5.82 Å².